The molecule has 1 saturated heterocycles. The first-order valence-corrected chi connectivity index (χ1v) is 17.5. The van der Waals surface area contributed by atoms with Gasteiger partial charge in [-0.3, -0.25) is 14.5 Å². The summed E-state index contributed by atoms with van der Waals surface area (Å²) in [4.78, 5) is 47.9. The van der Waals surface area contributed by atoms with Crippen LogP contribution in [0, 0.1) is 20.8 Å². The molecule has 1 aliphatic heterocycles. The summed E-state index contributed by atoms with van der Waals surface area (Å²) in [5.41, 5.74) is 7.11. The van der Waals surface area contributed by atoms with Crippen molar-refractivity contribution in [3.8, 4) is 11.1 Å². The number of morpholine rings is 1. The highest BCUT2D eigenvalue weighted by Gasteiger charge is 2.36. The Hall–Kier alpha value is -4.15. The Balaban J connectivity index is 1.42. The highest BCUT2D eigenvalue weighted by atomic mass is 16.5. The molecule has 5 rings (SSSR count). The van der Waals surface area contributed by atoms with Gasteiger partial charge in [-0.1, -0.05) is 24.3 Å². The lowest BCUT2D eigenvalue weighted by Gasteiger charge is -2.44. The third kappa shape index (κ3) is 8.54. The zero-order valence-electron chi connectivity index (χ0n) is 30.2. The molecule has 0 radical (unpaired) electrons. The van der Waals surface area contributed by atoms with Gasteiger partial charge < -0.3 is 29.9 Å². The summed E-state index contributed by atoms with van der Waals surface area (Å²) in [6.07, 6.45) is 2.37. The molecule has 0 spiro atoms. The van der Waals surface area contributed by atoms with Crippen molar-refractivity contribution in [2.45, 2.75) is 97.9 Å². The Morgan fingerprint density at radius 1 is 0.959 bits per heavy atom. The van der Waals surface area contributed by atoms with Crippen LogP contribution in [0.5, 0.6) is 0 Å². The summed E-state index contributed by atoms with van der Waals surface area (Å²) in [7, 11) is 2.08. The van der Waals surface area contributed by atoms with Crippen molar-refractivity contribution in [2.75, 3.05) is 38.3 Å². The van der Waals surface area contributed by atoms with Gasteiger partial charge >= 0.3 is 6.09 Å². The van der Waals surface area contributed by atoms with Crippen LogP contribution < -0.4 is 15.8 Å². The van der Waals surface area contributed by atoms with Crippen LogP contribution >= 0.6 is 0 Å². The zero-order valence-corrected chi connectivity index (χ0v) is 30.2. The second-order valence-corrected chi connectivity index (χ2v) is 14.8. The molecule has 2 amide bonds. The molecule has 0 atom stereocenters. The average Bonchev–Trinajstić information content (AvgIpc) is 3.04. The number of aromatic nitrogens is 1. The predicted octanol–water partition coefficient (Wildman–Crippen LogP) is 6.26. The smallest absolute Gasteiger partial charge is 0.407 e. The van der Waals surface area contributed by atoms with Gasteiger partial charge in [-0.2, -0.15) is 0 Å². The van der Waals surface area contributed by atoms with Gasteiger partial charge in [-0.15, -0.1) is 0 Å². The molecule has 1 aliphatic carbocycles. The lowest BCUT2D eigenvalue weighted by Crippen LogP contribution is -2.53. The first kappa shape index (κ1) is 36.1. The topological polar surface area (TPSA) is 118 Å². The number of pyridine rings is 1. The molecule has 10 heteroatoms. The van der Waals surface area contributed by atoms with Crippen LogP contribution in [0.25, 0.3) is 11.1 Å². The van der Waals surface area contributed by atoms with Crippen molar-refractivity contribution in [1.82, 2.24) is 20.1 Å². The molecular formula is C39H53N5O5. The number of benzene rings is 2. The molecular weight excluding hydrogens is 618 g/mol. The number of anilines is 1. The molecule has 2 heterocycles. The molecule has 49 heavy (non-hydrogen) atoms. The van der Waals surface area contributed by atoms with Crippen LogP contribution in [-0.2, 0) is 17.8 Å². The number of nitrogens with one attached hydrogen (secondary N) is 2. The Morgan fingerprint density at radius 3 is 2.18 bits per heavy atom. The third-order valence-electron chi connectivity index (χ3n) is 10.2. The summed E-state index contributed by atoms with van der Waals surface area (Å²) in [6.45, 7) is 15.9. The first-order chi connectivity index (χ1) is 23.2. The van der Waals surface area contributed by atoms with Gasteiger partial charge in [0.05, 0.1) is 13.2 Å². The number of rotatable bonds is 9. The maximum absolute atomic E-state index is 13.9. The van der Waals surface area contributed by atoms with Crippen LogP contribution in [0.2, 0.25) is 0 Å². The number of carbonyl (C=O) groups excluding carboxylic acids is 1. The molecule has 3 aromatic rings. The van der Waals surface area contributed by atoms with Crippen molar-refractivity contribution >= 4 is 17.7 Å². The van der Waals surface area contributed by atoms with Crippen LogP contribution in [0.4, 0.5) is 10.5 Å². The van der Waals surface area contributed by atoms with Gasteiger partial charge in [0.1, 0.15) is 0 Å². The summed E-state index contributed by atoms with van der Waals surface area (Å²) >= 11 is 0. The highest BCUT2D eigenvalue weighted by molar-refractivity contribution is 5.99. The molecule has 264 valence electrons. The minimum Gasteiger partial charge on any atom is -0.465 e. The summed E-state index contributed by atoms with van der Waals surface area (Å²) in [5.74, 6) is -0.233. The molecule has 2 aromatic carbocycles. The minimum atomic E-state index is -0.873. The molecule has 1 saturated carbocycles. The number of hydrogen-bond donors (Lipinski definition) is 3. The third-order valence-corrected chi connectivity index (χ3v) is 10.2. The van der Waals surface area contributed by atoms with Gasteiger partial charge in [-0.25, -0.2) is 4.79 Å². The number of nitrogens with zero attached hydrogens (tertiary/aromatic N) is 3. The van der Waals surface area contributed by atoms with E-state index >= 15 is 0 Å². The first-order valence-electron chi connectivity index (χ1n) is 17.5. The Kier molecular flexibility index (Phi) is 11.2. The Labute approximate surface area is 290 Å². The van der Waals surface area contributed by atoms with Gasteiger partial charge in [0.2, 0.25) is 0 Å². The largest absolute Gasteiger partial charge is 0.465 e. The van der Waals surface area contributed by atoms with E-state index in [1.54, 1.807) is 4.90 Å². The van der Waals surface area contributed by atoms with Crippen LogP contribution in [0.3, 0.4) is 0 Å². The Morgan fingerprint density at radius 2 is 1.59 bits per heavy atom. The van der Waals surface area contributed by atoms with E-state index in [1.165, 1.54) is 5.56 Å². The highest BCUT2D eigenvalue weighted by Crippen LogP contribution is 2.36. The van der Waals surface area contributed by atoms with Gasteiger partial charge in [0.25, 0.3) is 11.5 Å². The standard InChI is InChI=1S/C39H53N5O5/c1-25-20-26(2)41-37(46)34(25)23-40-36(45)33-21-30(29-10-8-28(9-11-29)24-43-16-18-49-19-17-43)22-35(27(33)3)42(7)31-12-14-32(15-13-31)44(38(47)48)39(4,5)6/h8-11,20-22,31-32H,12-19,23-24H2,1-7H3,(H,40,45)(H,41,46)(H,47,48). The SMILES string of the molecule is Cc1cc(C)c(CNC(=O)c2cc(-c3ccc(CN4CCOCC4)cc3)cc(N(C)C3CCC(N(C(=O)O)C(C)(C)C)CC3)c2C)c(=O)[nH]1. The van der Waals surface area contributed by atoms with Crippen molar-refractivity contribution in [3.05, 3.63) is 86.3 Å². The molecule has 10 nitrogen and oxygen atoms in total. The Bertz CT molecular complexity index is 1700. The van der Waals surface area contributed by atoms with Gasteiger partial charge in [-0.05, 0) is 113 Å². The number of carbonyl (C=O) groups is 2. The van der Waals surface area contributed by atoms with Crippen LogP contribution in [0.15, 0.2) is 47.3 Å². The van der Waals surface area contributed by atoms with Crippen LogP contribution in [0.1, 0.15) is 84.8 Å². The molecule has 0 bridgehead atoms. The number of carboxylic acid groups (broad SMARTS) is 1. The number of aromatic amines is 1. The van der Waals surface area contributed by atoms with Crippen molar-refractivity contribution in [3.63, 3.8) is 0 Å². The monoisotopic (exact) mass is 671 g/mol. The van der Waals surface area contributed by atoms with Gasteiger partial charge in [0, 0.05) is 73.4 Å². The predicted molar refractivity (Wildman–Crippen MR) is 194 cm³/mol. The van der Waals surface area contributed by atoms with E-state index in [1.807, 2.05) is 53.7 Å². The van der Waals surface area contributed by atoms with Crippen molar-refractivity contribution < 1.29 is 19.4 Å². The van der Waals surface area contributed by atoms with E-state index in [4.69, 9.17) is 4.74 Å². The normalized spacial score (nSPS) is 18.6. The lowest BCUT2D eigenvalue weighted by atomic mass is 9.86. The fourth-order valence-electron chi connectivity index (χ4n) is 7.54. The minimum absolute atomic E-state index is 0.0275. The number of aryl methyl sites for hydroxylation is 2. The fourth-order valence-corrected chi connectivity index (χ4v) is 7.54. The van der Waals surface area contributed by atoms with Crippen LogP contribution in [-0.4, -0.2) is 82.9 Å². The number of ether oxygens (including phenoxy) is 1. The molecule has 3 N–H and O–H groups in total. The van der Waals surface area contributed by atoms with E-state index in [0.717, 1.165) is 92.2 Å². The van der Waals surface area contributed by atoms with E-state index in [2.05, 4.69) is 57.5 Å². The summed E-state index contributed by atoms with van der Waals surface area (Å²) in [5, 5.41) is 13.0. The van der Waals surface area contributed by atoms with E-state index in [9.17, 15) is 19.5 Å². The second-order valence-electron chi connectivity index (χ2n) is 14.8. The number of H-pyrrole nitrogens is 1. The molecule has 2 aliphatic rings. The zero-order chi connectivity index (χ0) is 35.5. The van der Waals surface area contributed by atoms with Crippen molar-refractivity contribution in [2.24, 2.45) is 0 Å². The number of hydrogen-bond acceptors (Lipinski definition) is 6. The quantitative estimate of drug-likeness (QED) is 0.246. The van der Waals surface area contributed by atoms with Crippen molar-refractivity contribution in [1.29, 1.82) is 0 Å². The van der Waals surface area contributed by atoms with Gasteiger partial charge in [0.15, 0.2) is 0 Å². The maximum atomic E-state index is 13.9. The lowest BCUT2D eigenvalue weighted by molar-refractivity contribution is 0.0342. The molecule has 2 fully saturated rings. The second kappa shape index (κ2) is 15.2. The van der Waals surface area contributed by atoms with E-state index in [0.29, 0.717) is 11.1 Å². The van der Waals surface area contributed by atoms with E-state index < -0.39 is 11.6 Å². The summed E-state index contributed by atoms with van der Waals surface area (Å²) < 4.78 is 5.50. The van der Waals surface area contributed by atoms with E-state index in [-0.39, 0.29) is 30.1 Å². The summed E-state index contributed by atoms with van der Waals surface area (Å²) in [6, 6.07) is 14.8. The maximum Gasteiger partial charge on any atom is 0.407 e. The molecule has 1 aromatic heterocycles. The fraction of sp³-hybridized carbons (Fsp3) is 0.513. The molecule has 0 unspecified atom stereocenters. The average molecular weight is 672 g/mol. The number of amides is 2.